The van der Waals surface area contributed by atoms with Gasteiger partial charge in [0.25, 0.3) is 0 Å². The highest BCUT2D eigenvalue weighted by atomic mass is 16.7. The van der Waals surface area contributed by atoms with Crippen molar-refractivity contribution in [2.45, 2.75) is 0 Å². The summed E-state index contributed by atoms with van der Waals surface area (Å²) in [5, 5.41) is 0. The fourth-order valence-electron chi connectivity index (χ4n) is 1.28. The molecule has 0 saturated carbocycles. The fourth-order valence-corrected chi connectivity index (χ4v) is 1.28. The summed E-state index contributed by atoms with van der Waals surface area (Å²) in [5.41, 5.74) is 0.847. The maximum atomic E-state index is 5.39. The summed E-state index contributed by atoms with van der Waals surface area (Å²) in [6.45, 7) is 0.206. The predicted octanol–water partition coefficient (Wildman–Crippen LogP) is 0.657. The maximum absolute atomic E-state index is 5.39. The van der Waals surface area contributed by atoms with Gasteiger partial charge in [-0.1, -0.05) is 18.2 Å². The summed E-state index contributed by atoms with van der Waals surface area (Å²) in [4.78, 5) is 0. The zero-order valence-corrected chi connectivity index (χ0v) is 9.23. The van der Waals surface area contributed by atoms with Gasteiger partial charge in [-0.2, -0.15) is 0 Å². The number of para-hydroxylation sites is 1. The first-order valence-electron chi connectivity index (χ1n) is 4.59. The average molecular weight is 210 g/mol. The van der Waals surface area contributed by atoms with E-state index in [2.05, 4.69) is 0 Å². The summed E-state index contributed by atoms with van der Waals surface area (Å²) in [5.74, 6) is 0.702. The molecular formula is C10H15BO4. The smallest absolute Gasteiger partial charge is 0.468 e. The van der Waals surface area contributed by atoms with Crippen LogP contribution >= 0.6 is 0 Å². The molecule has 0 aliphatic carbocycles. The molecule has 15 heavy (non-hydrogen) atoms. The first-order valence-corrected chi connectivity index (χ1v) is 4.59. The van der Waals surface area contributed by atoms with Gasteiger partial charge >= 0.3 is 7.12 Å². The summed E-state index contributed by atoms with van der Waals surface area (Å²) in [7, 11) is 4.33. The Morgan fingerprint density at radius 2 is 1.73 bits per heavy atom. The van der Waals surface area contributed by atoms with Crippen LogP contribution in [0.15, 0.2) is 24.3 Å². The van der Waals surface area contributed by atoms with E-state index >= 15 is 0 Å². The number of methoxy groups -OCH3 is 1. The molecule has 0 saturated heterocycles. The fraction of sp³-hybridized carbons (Fsp3) is 0.400. The van der Waals surface area contributed by atoms with E-state index in [-0.39, 0.29) is 6.79 Å². The second kappa shape index (κ2) is 6.45. The lowest BCUT2D eigenvalue weighted by Gasteiger charge is -2.13. The van der Waals surface area contributed by atoms with Gasteiger partial charge in [0, 0.05) is 26.8 Å². The monoisotopic (exact) mass is 210 g/mol. The zero-order valence-electron chi connectivity index (χ0n) is 9.23. The summed E-state index contributed by atoms with van der Waals surface area (Å²) >= 11 is 0. The molecule has 0 bridgehead atoms. The van der Waals surface area contributed by atoms with Gasteiger partial charge in [0.1, 0.15) is 5.75 Å². The van der Waals surface area contributed by atoms with Gasteiger partial charge in [-0.15, -0.1) is 0 Å². The lowest BCUT2D eigenvalue weighted by Crippen LogP contribution is -2.36. The molecule has 4 nitrogen and oxygen atoms in total. The molecule has 0 unspecified atom stereocenters. The molecule has 0 amide bonds. The highest BCUT2D eigenvalue weighted by Gasteiger charge is 2.22. The van der Waals surface area contributed by atoms with E-state index < -0.39 is 7.12 Å². The minimum absolute atomic E-state index is 0.206. The van der Waals surface area contributed by atoms with Crippen LogP contribution in [0.3, 0.4) is 0 Å². The Bertz CT molecular complexity index is 289. The van der Waals surface area contributed by atoms with Crippen LogP contribution in [0.4, 0.5) is 0 Å². The van der Waals surface area contributed by atoms with Crippen molar-refractivity contribution in [3.63, 3.8) is 0 Å². The van der Waals surface area contributed by atoms with E-state index in [1.54, 1.807) is 21.3 Å². The topological polar surface area (TPSA) is 36.9 Å². The van der Waals surface area contributed by atoms with Crippen molar-refractivity contribution < 1.29 is 18.8 Å². The lowest BCUT2D eigenvalue weighted by molar-refractivity contribution is 0.0516. The minimum Gasteiger partial charge on any atom is -0.468 e. The molecule has 0 atom stereocenters. The maximum Gasteiger partial charge on any atom is 0.497 e. The van der Waals surface area contributed by atoms with Crippen molar-refractivity contribution in [2.24, 2.45) is 0 Å². The third kappa shape index (κ3) is 3.23. The quantitative estimate of drug-likeness (QED) is 0.510. The van der Waals surface area contributed by atoms with Crippen molar-refractivity contribution in [3.05, 3.63) is 24.3 Å². The molecule has 0 heterocycles. The number of benzene rings is 1. The van der Waals surface area contributed by atoms with Gasteiger partial charge in [-0.25, -0.2) is 0 Å². The molecule has 0 radical (unpaired) electrons. The summed E-state index contributed by atoms with van der Waals surface area (Å²) < 4.78 is 20.6. The largest absolute Gasteiger partial charge is 0.497 e. The van der Waals surface area contributed by atoms with Crippen LogP contribution in [0.1, 0.15) is 0 Å². The molecule has 0 aliphatic rings. The van der Waals surface area contributed by atoms with Gasteiger partial charge in [-0.05, 0) is 6.07 Å². The number of hydrogen-bond donors (Lipinski definition) is 0. The van der Waals surface area contributed by atoms with Crippen LogP contribution in [0.2, 0.25) is 0 Å². The SMILES string of the molecule is COCOc1ccccc1B(OC)OC. The number of rotatable bonds is 6. The first-order chi connectivity index (χ1) is 7.33. The highest BCUT2D eigenvalue weighted by molar-refractivity contribution is 6.62. The van der Waals surface area contributed by atoms with Gasteiger partial charge in [0.05, 0.1) is 0 Å². The Kier molecular flexibility index (Phi) is 5.17. The standard InChI is InChI=1S/C10H15BO4/c1-12-8-15-10-7-5-4-6-9(10)11(13-2)14-3/h4-7H,8H2,1-3H3. The number of ether oxygens (including phenoxy) is 2. The Hall–Kier alpha value is -1.04. The van der Waals surface area contributed by atoms with E-state index in [4.69, 9.17) is 18.8 Å². The molecular weight excluding hydrogens is 195 g/mol. The highest BCUT2D eigenvalue weighted by Crippen LogP contribution is 2.08. The average Bonchev–Trinajstić information content (AvgIpc) is 2.29. The van der Waals surface area contributed by atoms with Crippen molar-refractivity contribution >= 4 is 12.6 Å². The Balaban J connectivity index is 2.84. The molecule has 1 rings (SSSR count). The Labute approximate surface area is 90.2 Å². The molecule has 1 aromatic carbocycles. The van der Waals surface area contributed by atoms with Crippen molar-refractivity contribution in [1.82, 2.24) is 0 Å². The van der Waals surface area contributed by atoms with Gasteiger partial charge in [-0.3, -0.25) is 0 Å². The van der Waals surface area contributed by atoms with E-state index in [9.17, 15) is 0 Å². The number of hydrogen-bond acceptors (Lipinski definition) is 4. The van der Waals surface area contributed by atoms with E-state index in [1.807, 2.05) is 24.3 Å². The molecule has 0 aliphatic heterocycles. The van der Waals surface area contributed by atoms with Crippen LogP contribution in [0, 0.1) is 0 Å². The second-order valence-electron chi connectivity index (χ2n) is 2.89. The molecule has 82 valence electrons. The summed E-state index contributed by atoms with van der Waals surface area (Å²) in [6.07, 6.45) is 0. The summed E-state index contributed by atoms with van der Waals surface area (Å²) in [6, 6.07) is 7.53. The van der Waals surface area contributed by atoms with E-state index in [0.717, 1.165) is 5.46 Å². The molecule has 1 aromatic rings. The van der Waals surface area contributed by atoms with E-state index in [1.165, 1.54) is 0 Å². The van der Waals surface area contributed by atoms with Crippen LogP contribution in [0.25, 0.3) is 0 Å². The third-order valence-electron chi connectivity index (χ3n) is 1.93. The van der Waals surface area contributed by atoms with Crippen molar-refractivity contribution in [3.8, 4) is 5.75 Å². The second-order valence-corrected chi connectivity index (χ2v) is 2.89. The minimum atomic E-state index is -0.418. The Morgan fingerprint density at radius 3 is 2.33 bits per heavy atom. The zero-order chi connectivity index (χ0) is 11.1. The molecule has 0 spiro atoms. The van der Waals surface area contributed by atoms with Crippen LogP contribution in [0.5, 0.6) is 5.75 Å². The molecule has 0 fully saturated rings. The van der Waals surface area contributed by atoms with Crippen molar-refractivity contribution in [1.29, 1.82) is 0 Å². The van der Waals surface area contributed by atoms with Crippen LogP contribution < -0.4 is 10.2 Å². The van der Waals surface area contributed by atoms with Gasteiger partial charge in [0.15, 0.2) is 6.79 Å². The van der Waals surface area contributed by atoms with Gasteiger partial charge in [0.2, 0.25) is 0 Å². The van der Waals surface area contributed by atoms with Crippen molar-refractivity contribution in [2.75, 3.05) is 28.1 Å². The normalized spacial score (nSPS) is 10.1. The van der Waals surface area contributed by atoms with Crippen LogP contribution in [-0.4, -0.2) is 35.2 Å². The molecule has 0 aromatic heterocycles. The Morgan fingerprint density at radius 1 is 1.07 bits per heavy atom. The van der Waals surface area contributed by atoms with Gasteiger partial charge < -0.3 is 18.8 Å². The molecule has 0 N–H and O–H groups in total. The van der Waals surface area contributed by atoms with E-state index in [0.29, 0.717) is 5.75 Å². The predicted molar refractivity (Wildman–Crippen MR) is 58.4 cm³/mol. The first kappa shape index (κ1) is 12.0. The molecule has 5 heteroatoms. The van der Waals surface area contributed by atoms with Crippen LogP contribution in [-0.2, 0) is 14.0 Å². The third-order valence-corrected chi connectivity index (χ3v) is 1.93. The lowest BCUT2D eigenvalue weighted by atomic mass is 9.78.